The Balaban J connectivity index is 1.61. The van der Waals surface area contributed by atoms with Crippen LogP contribution in [0.15, 0.2) is 60.7 Å². The van der Waals surface area contributed by atoms with Gasteiger partial charge in [-0.1, -0.05) is 60.7 Å². The summed E-state index contributed by atoms with van der Waals surface area (Å²) in [5, 5.41) is 9.37. The number of alkyl halides is 5. The van der Waals surface area contributed by atoms with E-state index in [4.69, 9.17) is 0 Å². The molecular weight excluding hydrogens is 403 g/mol. The van der Waals surface area contributed by atoms with Crippen LogP contribution in [0.3, 0.4) is 0 Å². The van der Waals surface area contributed by atoms with E-state index in [0.29, 0.717) is 26.2 Å². The summed E-state index contributed by atoms with van der Waals surface area (Å²) in [4.78, 5) is 4.10. The quantitative estimate of drug-likeness (QED) is 0.665. The zero-order valence-corrected chi connectivity index (χ0v) is 16.4. The van der Waals surface area contributed by atoms with Crippen LogP contribution >= 0.6 is 0 Å². The van der Waals surface area contributed by atoms with Gasteiger partial charge in [-0.25, -0.2) is 0 Å². The molecule has 1 aliphatic rings. The molecule has 0 aliphatic carbocycles. The van der Waals surface area contributed by atoms with E-state index in [1.807, 2.05) is 41.3 Å². The number of piperazine rings is 1. The maximum atomic E-state index is 13.2. The Hall–Kier alpha value is -2.03. The van der Waals surface area contributed by atoms with Crippen LogP contribution in [-0.4, -0.2) is 65.8 Å². The first-order valence-electron chi connectivity index (χ1n) is 9.89. The number of hydrogen-bond acceptors (Lipinski definition) is 3. The van der Waals surface area contributed by atoms with Crippen LogP contribution in [0.25, 0.3) is 0 Å². The third-order valence-corrected chi connectivity index (χ3v) is 5.52. The molecule has 1 aliphatic heterocycles. The number of aliphatic hydroxyl groups is 1. The van der Waals surface area contributed by atoms with Crippen molar-refractivity contribution < 1.29 is 27.1 Å². The van der Waals surface area contributed by atoms with E-state index in [9.17, 15) is 27.1 Å². The Labute approximate surface area is 172 Å². The summed E-state index contributed by atoms with van der Waals surface area (Å²) >= 11 is 0. The SMILES string of the molecule is O[C@H](CCN1CCN(C(c2ccccc2)c2ccccc2)CC1)C(F)(F)C(F)(F)F. The van der Waals surface area contributed by atoms with Crippen LogP contribution in [0.4, 0.5) is 22.0 Å². The Kier molecular flexibility index (Phi) is 7.10. The predicted octanol–water partition coefficient (Wildman–Crippen LogP) is 4.34. The minimum absolute atomic E-state index is 0.0119. The topological polar surface area (TPSA) is 26.7 Å². The van der Waals surface area contributed by atoms with Crippen LogP contribution < -0.4 is 0 Å². The monoisotopic (exact) mass is 428 g/mol. The third kappa shape index (κ3) is 5.17. The van der Waals surface area contributed by atoms with Gasteiger partial charge in [0.25, 0.3) is 0 Å². The van der Waals surface area contributed by atoms with E-state index < -0.39 is 24.6 Å². The van der Waals surface area contributed by atoms with Crippen molar-refractivity contribution in [2.75, 3.05) is 32.7 Å². The number of hydrogen-bond donors (Lipinski definition) is 1. The first kappa shape index (κ1) is 22.7. The predicted molar refractivity (Wildman–Crippen MR) is 104 cm³/mol. The summed E-state index contributed by atoms with van der Waals surface area (Å²) in [5.41, 5.74) is 2.27. The maximum Gasteiger partial charge on any atom is 0.456 e. The summed E-state index contributed by atoms with van der Waals surface area (Å²) in [6, 6.07) is 20.1. The first-order valence-corrected chi connectivity index (χ1v) is 9.89. The van der Waals surface area contributed by atoms with Crippen LogP contribution in [0.2, 0.25) is 0 Å². The Morgan fingerprint density at radius 2 is 1.23 bits per heavy atom. The summed E-state index contributed by atoms with van der Waals surface area (Å²) < 4.78 is 63.6. The molecule has 3 rings (SSSR count). The molecule has 1 saturated heterocycles. The molecular formula is C22H25F5N2O. The van der Waals surface area contributed by atoms with Gasteiger partial charge < -0.3 is 10.0 Å². The molecule has 1 fully saturated rings. The highest BCUT2D eigenvalue weighted by atomic mass is 19.4. The average Bonchev–Trinajstić information content (AvgIpc) is 2.74. The molecule has 1 N–H and O–H groups in total. The Bertz CT molecular complexity index is 738. The van der Waals surface area contributed by atoms with Gasteiger partial charge in [0.05, 0.1) is 6.04 Å². The molecule has 2 aromatic carbocycles. The van der Waals surface area contributed by atoms with Gasteiger partial charge in [0, 0.05) is 32.7 Å². The molecule has 0 amide bonds. The van der Waals surface area contributed by atoms with Crippen LogP contribution in [0.5, 0.6) is 0 Å². The lowest BCUT2D eigenvalue weighted by Gasteiger charge is -2.40. The number of halogens is 5. The van der Waals surface area contributed by atoms with E-state index in [1.165, 1.54) is 0 Å². The molecule has 2 aromatic rings. The van der Waals surface area contributed by atoms with Gasteiger partial charge in [0.15, 0.2) is 0 Å². The second-order valence-corrected chi connectivity index (χ2v) is 7.53. The van der Waals surface area contributed by atoms with Gasteiger partial charge in [-0.2, -0.15) is 22.0 Å². The van der Waals surface area contributed by atoms with Crippen LogP contribution in [0, 0.1) is 0 Å². The molecule has 0 spiro atoms. The van der Waals surface area contributed by atoms with E-state index in [0.717, 1.165) is 11.1 Å². The van der Waals surface area contributed by atoms with E-state index >= 15 is 0 Å². The molecule has 0 saturated carbocycles. The molecule has 3 nitrogen and oxygen atoms in total. The molecule has 1 atom stereocenters. The largest absolute Gasteiger partial charge is 0.456 e. The molecule has 8 heteroatoms. The van der Waals surface area contributed by atoms with Crippen molar-refractivity contribution in [2.45, 2.75) is 30.7 Å². The lowest BCUT2D eigenvalue weighted by Crippen LogP contribution is -2.51. The van der Waals surface area contributed by atoms with E-state index in [-0.39, 0.29) is 12.6 Å². The maximum absolute atomic E-state index is 13.2. The molecule has 0 bridgehead atoms. The molecule has 0 radical (unpaired) electrons. The van der Waals surface area contributed by atoms with Gasteiger partial charge in [-0.15, -0.1) is 0 Å². The summed E-state index contributed by atoms with van der Waals surface area (Å²) in [5.74, 6) is -5.10. The van der Waals surface area contributed by atoms with E-state index in [2.05, 4.69) is 29.2 Å². The lowest BCUT2D eigenvalue weighted by molar-refractivity contribution is -0.313. The number of nitrogens with zero attached hydrogens (tertiary/aromatic N) is 2. The second-order valence-electron chi connectivity index (χ2n) is 7.53. The highest BCUT2D eigenvalue weighted by molar-refractivity contribution is 5.31. The standard InChI is InChI=1S/C22H25F5N2O/c23-21(24,22(25,26)27)19(30)11-12-28-13-15-29(16-14-28)20(17-7-3-1-4-8-17)18-9-5-2-6-10-18/h1-10,19-20,30H,11-16H2/t19-/m1/s1. The third-order valence-electron chi connectivity index (χ3n) is 5.52. The summed E-state index contributed by atoms with van der Waals surface area (Å²) in [6.07, 6.45) is -9.12. The minimum atomic E-state index is -5.75. The zero-order chi connectivity index (χ0) is 21.8. The lowest BCUT2D eigenvalue weighted by atomic mass is 9.96. The van der Waals surface area contributed by atoms with Crippen molar-refractivity contribution in [2.24, 2.45) is 0 Å². The molecule has 30 heavy (non-hydrogen) atoms. The van der Waals surface area contributed by atoms with Crippen molar-refractivity contribution in [3.05, 3.63) is 71.8 Å². The van der Waals surface area contributed by atoms with Gasteiger partial charge >= 0.3 is 12.1 Å². The fourth-order valence-corrected chi connectivity index (χ4v) is 3.80. The van der Waals surface area contributed by atoms with Crippen molar-refractivity contribution in [1.29, 1.82) is 0 Å². The second kappa shape index (κ2) is 9.41. The summed E-state index contributed by atoms with van der Waals surface area (Å²) in [7, 11) is 0. The number of rotatable bonds is 7. The molecule has 0 unspecified atom stereocenters. The van der Waals surface area contributed by atoms with Crippen molar-refractivity contribution >= 4 is 0 Å². The fraction of sp³-hybridized carbons (Fsp3) is 0.455. The normalized spacial score (nSPS) is 18.0. The number of benzene rings is 2. The average molecular weight is 428 g/mol. The van der Waals surface area contributed by atoms with Crippen LogP contribution in [-0.2, 0) is 0 Å². The molecule has 0 aromatic heterocycles. The van der Waals surface area contributed by atoms with Gasteiger partial charge in [0.2, 0.25) is 0 Å². The number of aliphatic hydroxyl groups excluding tert-OH is 1. The molecule has 164 valence electrons. The smallest absolute Gasteiger partial charge is 0.386 e. The van der Waals surface area contributed by atoms with Gasteiger partial charge in [-0.05, 0) is 17.5 Å². The van der Waals surface area contributed by atoms with Crippen molar-refractivity contribution in [3.63, 3.8) is 0 Å². The summed E-state index contributed by atoms with van der Waals surface area (Å²) in [6.45, 7) is 2.32. The first-order chi connectivity index (χ1) is 14.2. The highest BCUT2D eigenvalue weighted by Crippen LogP contribution is 2.39. The Morgan fingerprint density at radius 3 is 1.67 bits per heavy atom. The molecule has 1 heterocycles. The highest BCUT2D eigenvalue weighted by Gasteiger charge is 2.61. The van der Waals surface area contributed by atoms with Crippen LogP contribution in [0.1, 0.15) is 23.6 Å². The van der Waals surface area contributed by atoms with Gasteiger partial charge in [0.1, 0.15) is 6.10 Å². The van der Waals surface area contributed by atoms with Gasteiger partial charge in [-0.3, -0.25) is 4.90 Å². The zero-order valence-electron chi connectivity index (χ0n) is 16.4. The Morgan fingerprint density at radius 1 is 0.767 bits per heavy atom. The fourth-order valence-electron chi connectivity index (χ4n) is 3.80. The van der Waals surface area contributed by atoms with Crippen molar-refractivity contribution in [3.8, 4) is 0 Å². The van der Waals surface area contributed by atoms with Crippen molar-refractivity contribution in [1.82, 2.24) is 9.80 Å². The minimum Gasteiger partial charge on any atom is -0.386 e. The van der Waals surface area contributed by atoms with E-state index in [1.54, 1.807) is 0 Å².